The molecule has 3 aromatic carbocycles. The van der Waals surface area contributed by atoms with Gasteiger partial charge in [-0.15, -0.1) is 0 Å². The van der Waals surface area contributed by atoms with E-state index in [0.29, 0.717) is 76.3 Å². The van der Waals surface area contributed by atoms with Gasteiger partial charge in [-0.2, -0.15) is 4.31 Å². The van der Waals surface area contributed by atoms with Crippen LogP contribution in [0.1, 0.15) is 56.9 Å². The number of nitrogens with zero attached hydrogens (tertiary/aromatic N) is 1. The lowest BCUT2D eigenvalue weighted by atomic mass is 9.88. The van der Waals surface area contributed by atoms with E-state index in [9.17, 15) is 26.3 Å². The summed E-state index contributed by atoms with van der Waals surface area (Å²) in [7, 11) is -7.45. The Morgan fingerprint density at radius 2 is 1.67 bits per heavy atom. The van der Waals surface area contributed by atoms with Gasteiger partial charge in [-0.25, -0.2) is 21.2 Å². The Balaban J connectivity index is 0.881. The van der Waals surface area contributed by atoms with Crippen LogP contribution >= 0.6 is 0 Å². The van der Waals surface area contributed by atoms with Crippen LogP contribution in [0.15, 0.2) is 76.5 Å². The Bertz CT molecular complexity index is 1900. The normalized spacial score (nSPS) is 22.6. The number of nitrogens with one attached hydrogen (secondary N) is 1. The van der Waals surface area contributed by atoms with Crippen molar-refractivity contribution in [1.29, 1.82) is 0 Å². The Morgan fingerprint density at radius 3 is 2.35 bits per heavy atom. The lowest BCUT2D eigenvalue weighted by molar-refractivity contribution is -0.0311. The van der Waals surface area contributed by atoms with Crippen LogP contribution in [0.5, 0.6) is 5.75 Å². The van der Waals surface area contributed by atoms with Crippen LogP contribution in [0.25, 0.3) is 11.1 Å². The number of halogens is 1. The van der Waals surface area contributed by atoms with Gasteiger partial charge in [0.15, 0.2) is 9.84 Å². The highest BCUT2D eigenvalue weighted by Crippen LogP contribution is 2.47. The molecule has 2 saturated carbocycles. The number of hydrogen-bond donors (Lipinski definition) is 3. The molecule has 264 valence electrons. The van der Waals surface area contributed by atoms with Crippen LogP contribution < -0.4 is 15.8 Å². The number of nitrogens with two attached hydrogens (primary N) is 1. The van der Waals surface area contributed by atoms with E-state index in [1.54, 1.807) is 30.3 Å². The highest BCUT2D eigenvalue weighted by molar-refractivity contribution is 7.93. The fourth-order valence-corrected chi connectivity index (χ4v) is 10.4. The van der Waals surface area contributed by atoms with Gasteiger partial charge in [0.05, 0.1) is 40.0 Å². The number of ether oxygens (including phenoxy) is 2. The molecule has 1 spiro atoms. The molecule has 4 aliphatic rings. The number of aliphatic hydroxyl groups excluding tert-OH is 1. The van der Waals surface area contributed by atoms with Crippen LogP contribution in [0, 0.1) is 5.82 Å². The molecule has 13 heteroatoms. The Morgan fingerprint density at radius 1 is 0.939 bits per heavy atom. The van der Waals surface area contributed by atoms with Gasteiger partial charge in [-0.05, 0) is 105 Å². The molecule has 0 radical (unpaired) electrons. The fourth-order valence-electron chi connectivity index (χ4n) is 7.10. The molecule has 2 aliphatic carbocycles. The first-order valence-corrected chi connectivity index (χ1v) is 20.0. The second-order valence-corrected chi connectivity index (χ2v) is 18.4. The predicted molar refractivity (Wildman–Crippen MR) is 183 cm³/mol. The van der Waals surface area contributed by atoms with Crippen molar-refractivity contribution in [3.05, 3.63) is 78.1 Å². The van der Waals surface area contributed by atoms with E-state index in [1.165, 1.54) is 28.6 Å². The highest BCUT2D eigenvalue weighted by Gasteiger charge is 2.54. The van der Waals surface area contributed by atoms with Crippen molar-refractivity contribution in [2.45, 2.75) is 83.1 Å². The van der Waals surface area contributed by atoms with Crippen LogP contribution in [0.4, 0.5) is 4.39 Å². The Labute approximate surface area is 287 Å². The van der Waals surface area contributed by atoms with Gasteiger partial charge >= 0.3 is 0 Å². The topological polar surface area (TPSA) is 148 Å². The summed E-state index contributed by atoms with van der Waals surface area (Å²) < 4.78 is 80.5. The number of benzene rings is 3. The quantitative estimate of drug-likeness (QED) is 0.223. The van der Waals surface area contributed by atoms with Gasteiger partial charge in [-0.3, -0.25) is 0 Å². The van der Waals surface area contributed by atoms with Crippen LogP contribution in [0.3, 0.4) is 0 Å². The van der Waals surface area contributed by atoms with Gasteiger partial charge in [0, 0.05) is 30.2 Å². The minimum Gasteiger partial charge on any atom is -0.494 e. The van der Waals surface area contributed by atoms with Crippen molar-refractivity contribution in [2.75, 3.05) is 39.5 Å². The maximum Gasteiger partial charge on any atom is 0.243 e. The molecule has 49 heavy (non-hydrogen) atoms. The number of aliphatic hydroxyl groups is 1. The zero-order valence-electron chi connectivity index (χ0n) is 27.4. The SMILES string of the molecule is NC1(c2ccc(-c3cc(S(=O)(=O)N4CCC5(CC4)C[C@@H](NCCCOc4cccc(S(=O)(=O)C6(CO)CC6)c4)CO5)ccc3F)cc2)CC1. The number of sulfonamides is 1. The van der Waals surface area contributed by atoms with Crippen molar-refractivity contribution in [3.8, 4) is 16.9 Å². The summed E-state index contributed by atoms with van der Waals surface area (Å²) in [6, 6.07) is 17.9. The third-order valence-electron chi connectivity index (χ3n) is 10.8. The summed E-state index contributed by atoms with van der Waals surface area (Å²) in [6.07, 6.45) is 5.39. The molecule has 2 heterocycles. The monoisotopic (exact) mass is 713 g/mol. The standard InChI is InChI=1S/C36H44FN3O7S2/c37-33-10-9-31(22-32(33)26-5-7-27(8-6-26)36(38)13-14-36)49(44,45)40-18-15-34(16-19-40)23-28(24-47-34)39-17-2-20-46-29-3-1-4-30(21-29)48(42,43)35(25-41)11-12-35/h1,3-10,21-22,28,39,41H,2,11-20,23-25,38H2/t28-/m1/s1. The zero-order chi connectivity index (χ0) is 34.5. The average molecular weight is 714 g/mol. The maximum absolute atomic E-state index is 14.9. The molecular formula is C36H44FN3O7S2. The van der Waals surface area contributed by atoms with E-state index in [1.807, 2.05) is 12.1 Å². The van der Waals surface area contributed by atoms with Crippen LogP contribution in [0.2, 0.25) is 0 Å². The molecule has 0 aromatic heterocycles. The highest BCUT2D eigenvalue weighted by atomic mass is 32.2. The molecule has 2 saturated heterocycles. The third kappa shape index (κ3) is 6.78. The number of piperidine rings is 1. The largest absolute Gasteiger partial charge is 0.494 e. The molecule has 4 N–H and O–H groups in total. The lowest BCUT2D eigenvalue weighted by Gasteiger charge is -2.38. The number of sulfone groups is 1. The first-order valence-electron chi connectivity index (χ1n) is 17.0. The van der Waals surface area contributed by atoms with Crippen molar-refractivity contribution >= 4 is 19.9 Å². The molecule has 3 aromatic rings. The molecule has 4 fully saturated rings. The molecular weight excluding hydrogens is 670 g/mol. The predicted octanol–water partition coefficient (Wildman–Crippen LogP) is 4.11. The van der Waals surface area contributed by atoms with E-state index in [-0.39, 0.29) is 33.5 Å². The Kier molecular flexibility index (Phi) is 9.17. The number of hydrogen-bond acceptors (Lipinski definition) is 9. The third-order valence-corrected chi connectivity index (χ3v) is 15.2. The smallest absolute Gasteiger partial charge is 0.243 e. The maximum atomic E-state index is 14.9. The molecule has 7 rings (SSSR count). The van der Waals surface area contributed by atoms with Gasteiger partial charge in [0.25, 0.3) is 0 Å². The van der Waals surface area contributed by atoms with E-state index in [4.69, 9.17) is 15.2 Å². The fraction of sp³-hybridized carbons (Fsp3) is 0.500. The lowest BCUT2D eigenvalue weighted by Crippen LogP contribution is -2.46. The molecule has 1 atom stereocenters. The molecule has 0 amide bonds. The molecule has 0 unspecified atom stereocenters. The van der Waals surface area contributed by atoms with E-state index in [0.717, 1.165) is 24.8 Å². The Hall–Kier alpha value is -2.91. The van der Waals surface area contributed by atoms with E-state index >= 15 is 0 Å². The summed E-state index contributed by atoms with van der Waals surface area (Å²) in [5.74, 6) is -0.00282. The minimum atomic E-state index is -3.83. The second-order valence-electron chi connectivity index (χ2n) is 14.1. The van der Waals surface area contributed by atoms with E-state index < -0.39 is 36.0 Å². The van der Waals surface area contributed by atoms with Crippen molar-refractivity contribution in [1.82, 2.24) is 9.62 Å². The summed E-state index contributed by atoms with van der Waals surface area (Å²) in [4.78, 5) is 0.241. The van der Waals surface area contributed by atoms with Gasteiger partial charge in [-0.1, -0.05) is 30.3 Å². The van der Waals surface area contributed by atoms with Gasteiger partial charge in [0.2, 0.25) is 10.0 Å². The van der Waals surface area contributed by atoms with Gasteiger partial charge in [0.1, 0.15) is 11.6 Å². The second kappa shape index (κ2) is 13.0. The summed E-state index contributed by atoms with van der Waals surface area (Å²) in [6.45, 7) is 1.87. The zero-order valence-corrected chi connectivity index (χ0v) is 29.1. The molecule has 10 nitrogen and oxygen atoms in total. The summed E-state index contributed by atoms with van der Waals surface area (Å²) in [5.41, 5.74) is 7.45. The first kappa shape index (κ1) is 34.5. The van der Waals surface area contributed by atoms with E-state index in [2.05, 4.69) is 5.32 Å². The minimum absolute atomic E-state index is 0.0702. The van der Waals surface area contributed by atoms with Crippen molar-refractivity contribution < 1.29 is 35.8 Å². The van der Waals surface area contributed by atoms with Crippen LogP contribution in [-0.2, 0) is 30.1 Å². The number of rotatable bonds is 13. The van der Waals surface area contributed by atoms with Gasteiger partial charge < -0.3 is 25.6 Å². The average Bonchev–Trinajstić information content (AvgIpc) is 4.03. The molecule has 0 bridgehead atoms. The summed E-state index contributed by atoms with van der Waals surface area (Å²) in [5, 5.41) is 13.1. The van der Waals surface area contributed by atoms with Crippen molar-refractivity contribution in [2.24, 2.45) is 5.73 Å². The summed E-state index contributed by atoms with van der Waals surface area (Å²) >= 11 is 0. The first-order chi connectivity index (χ1) is 23.4. The molecule has 2 aliphatic heterocycles. The van der Waals surface area contributed by atoms with Crippen molar-refractivity contribution in [3.63, 3.8) is 0 Å². The van der Waals surface area contributed by atoms with Crippen LogP contribution in [-0.4, -0.2) is 82.1 Å².